The molecule has 4 nitrogen and oxygen atoms in total. The lowest BCUT2D eigenvalue weighted by Crippen LogP contribution is -2.47. The number of carbonyl (C=O) groups excluding carboxylic acids is 1. The molecule has 1 heterocycles. The van der Waals surface area contributed by atoms with Crippen molar-refractivity contribution >= 4 is 17.7 Å². The molecule has 1 saturated heterocycles. The second-order valence-electron chi connectivity index (χ2n) is 4.21. The van der Waals surface area contributed by atoms with Gasteiger partial charge >= 0.3 is 5.97 Å². The molecule has 0 aromatic rings. The van der Waals surface area contributed by atoms with E-state index in [2.05, 4.69) is 21.5 Å². The maximum absolute atomic E-state index is 11.0. The van der Waals surface area contributed by atoms with Crippen molar-refractivity contribution in [1.29, 1.82) is 0 Å². The molecular formula is C12H24N2O2S. The van der Waals surface area contributed by atoms with E-state index in [0.717, 1.165) is 32.7 Å². The average molecular weight is 260 g/mol. The standard InChI is InChI=1S/C12H24N2O2S/c1-3-17-11-10-14-8-6-13(7-9-14)5-4-12(15)16-2/h3-11H2,1-2H3. The normalized spacial score (nSPS) is 18.2. The number of hydrogen-bond acceptors (Lipinski definition) is 5. The predicted molar refractivity (Wildman–Crippen MR) is 72.5 cm³/mol. The van der Waals surface area contributed by atoms with Crippen molar-refractivity contribution in [2.75, 3.05) is 57.9 Å². The van der Waals surface area contributed by atoms with Gasteiger partial charge in [-0.25, -0.2) is 0 Å². The topological polar surface area (TPSA) is 32.8 Å². The summed E-state index contributed by atoms with van der Waals surface area (Å²) in [6, 6.07) is 0. The molecule has 0 saturated carbocycles. The molecule has 0 spiro atoms. The Bertz CT molecular complexity index is 219. The number of hydrogen-bond donors (Lipinski definition) is 0. The highest BCUT2D eigenvalue weighted by Crippen LogP contribution is 2.05. The van der Waals surface area contributed by atoms with E-state index < -0.39 is 0 Å². The fourth-order valence-corrected chi connectivity index (χ4v) is 2.60. The van der Waals surface area contributed by atoms with Crippen molar-refractivity contribution in [2.45, 2.75) is 13.3 Å². The van der Waals surface area contributed by atoms with Crippen LogP contribution in [0.5, 0.6) is 0 Å². The Labute approximate surface area is 109 Å². The van der Waals surface area contributed by atoms with Crippen molar-refractivity contribution in [3.63, 3.8) is 0 Å². The lowest BCUT2D eigenvalue weighted by atomic mass is 10.3. The summed E-state index contributed by atoms with van der Waals surface area (Å²) in [6.45, 7) is 8.65. The molecule has 0 N–H and O–H groups in total. The SMILES string of the molecule is CCSCCN1CCN(CCC(=O)OC)CC1. The van der Waals surface area contributed by atoms with E-state index in [1.54, 1.807) is 0 Å². The Morgan fingerprint density at radius 2 is 1.76 bits per heavy atom. The third kappa shape index (κ3) is 6.29. The number of methoxy groups -OCH3 is 1. The number of ether oxygens (including phenoxy) is 1. The highest BCUT2D eigenvalue weighted by molar-refractivity contribution is 7.99. The largest absolute Gasteiger partial charge is 0.469 e. The van der Waals surface area contributed by atoms with Gasteiger partial charge in [0.2, 0.25) is 0 Å². The zero-order chi connectivity index (χ0) is 12.5. The van der Waals surface area contributed by atoms with E-state index in [1.165, 1.54) is 25.2 Å². The third-order valence-corrected chi connectivity index (χ3v) is 3.96. The van der Waals surface area contributed by atoms with Crippen LogP contribution in [-0.2, 0) is 9.53 Å². The molecule has 1 aliphatic rings. The van der Waals surface area contributed by atoms with E-state index in [-0.39, 0.29) is 5.97 Å². The lowest BCUT2D eigenvalue weighted by molar-refractivity contribution is -0.141. The van der Waals surface area contributed by atoms with E-state index in [0.29, 0.717) is 6.42 Å². The second-order valence-corrected chi connectivity index (χ2v) is 5.60. The van der Waals surface area contributed by atoms with Gasteiger partial charge in [0.25, 0.3) is 0 Å². The summed E-state index contributed by atoms with van der Waals surface area (Å²) in [4.78, 5) is 15.9. The van der Waals surface area contributed by atoms with Gasteiger partial charge in [-0.1, -0.05) is 6.92 Å². The van der Waals surface area contributed by atoms with E-state index in [4.69, 9.17) is 0 Å². The molecule has 1 aliphatic heterocycles. The van der Waals surface area contributed by atoms with Gasteiger partial charge in [0.1, 0.15) is 0 Å². The first-order valence-corrected chi connectivity index (χ1v) is 7.51. The Morgan fingerprint density at radius 1 is 1.18 bits per heavy atom. The van der Waals surface area contributed by atoms with Crippen LogP contribution in [0.15, 0.2) is 0 Å². The molecule has 0 atom stereocenters. The van der Waals surface area contributed by atoms with Crippen LogP contribution in [0.2, 0.25) is 0 Å². The van der Waals surface area contributed by atoms with Crippen LogP contribution in [0, 0.1) is 0 Å². The van der Waals surface area contributed by atoms with Crippen LogP contribution in [0.4, 0.5) is 0 Å². The smallest absolute Gasteiger partial charge is 0.306 e. The lowest BCUT2D eigenvalue weighted by Gasteiger charge is -2.34. The summed E-state index contributed by atoms with van der Waals surface area (Å²) in [7, 11) is 1.45. The van der Waals surface area contributed by atoms with Crippen LogP contribution < -0.4 is 0 Å². The second kappa shape index (κ2) is 8.78. The number of nitrogens with zero attached hydrogens (tertiary/aromatic N) is 2. The highest BCUT2D eigenvalue weighted by atomic mass is 32.2. The molecule has 0 aromatic carbocycles. The number of thioether (sulfide) groups is 1. The molecule has 0 bridgehead atoms. The van der Waals surface area contributed by atoms with Crippen LogP contribution in [0.3, 0.4) is 0 Å². The van der Waals surface area contributed by atoms with Gasteiger partial charge in [0.05, 0.1) is 13.5 Å². The van der Waals surface area contributed by atoms with Crippen molar-refractivity contribution in [1.82, 2.24) is 9.80 Å². The third-order valence-electron chi connectivity index (χ3n) is 3.08. The van der Waals surface area contributed by atoms with Crippen LogP contribution in [0.1, 0.15) is 13.3 Å². The fourth-order valence-electron chi connectivity index (χ4n) is 1.93. The minimum atomic E-state index is -0.105. The first-order valence-electron chi connectivity index (χ1n) is 6.35. The van der Waals surface area contributed by atoms with Gasteiger partial charge < -0.3 is 9.64 Å². The van der Waals surface area contributed by atoms with Gasteiger partial charge in [-0.05, 0) is 5.75 Å². The minimum Gasteiger partial charge on any atom is -0.469 e. The van der Waals surface area contributed by atoms with Crippen LogP contribution >= 0.6 is 11.8 Å². The zero-order valence-corrected chi connectivity index (χ0v) is 11.8. The Kier molecular flexibility index (Phi) is 7.64. The molecule has 17 heavy (non-hydrogen) atoms. The first kappa shape index (κ1) is 14.8. The highest BCUT2D eigenvalue weighted by Gasteiger charge is 2.16. The van der Waals surface area contributed by atoms with E-state index in [9.17, 15) is 4.79 Å². The molecule has 1 fully saturated rings. The van der Waals surface area contributed by atoms with Gasteiger partial charge in [0, 0.05) is 45.0 Å². The number of rotatable bonds is 7. The number of piperazine rings is 1. The van der Waals surface area contributed by atoms with Gasteiger partial charge in [-0.3, -0.25) is 9.69 Å². The summed E-state index contributed by atoms with van der Waals surface area (Å²) in [5.41, 5.74) is 0. The molecular weight excluding hydrogens is 236 g/mol. The number of carbonyl (C=O) groups is 1. The molecule has 1 rings (SSSR count). The van der Waals surface area contributed by atoms with Gasteiger partial charge in [-0.2, -0.15) is 11.8 Å². The molecule has 0 unspecified atom stereocenters. The quantitative estimate of drug-likeness (QED) is 0.502. The van der Waals surface area contributed by atoms with E-state index in [1.807, 2.05) is 11.8 Å². The minimum absolute atomic E-state index is 0.105. The average Bonchev–Trinajstić information content (AvgIpc) is 2.37. The van der Waals surface area contributed by atoms with Crippen molar-refractivity contribution < 1.29 is 9.53 Å². The molecule has 0 aromatic heterocycles. The zero-order valence-electron chi connectivity index (χ0n) is 11.0. The summed E-state index contributed by atoms with van der Waals surface area (Å²) >= 11 is 2.00. The monoisotopic (exact) mass is 260 g/mol. The van der Waals surface area contributed by atoms with Gasteiger partial charge in [-0.15, -0.1) is 0 Å². The molecule has 5 heteroatoms. The summed E-state index contributed by atoms with van der Waals surface area (Å²) < 4.78 is 4.65. The summed E-state index contributed by atoms with van der Waals surface area (Å²) in [5.74, 6) is 2.34. The molecule has 0 amide bonds. The summed E-state index contributed by atoms with van der Waals surface area (Å²) in [5, 5.41) is 0. The fraction of sp³-hybridized carbons (Fsp3) is 0.917. The maximum Gasteiger partial charge on any atom is 0.306 e. The summed E-state index contributed by atoms with van der Waals surface area (Å²) in [6.07, 6.45) is 0.516. The maximum atomic E-state index is 11.0. The number of esters is 1. The van der Waals surface area contributed by atoms with Crippen molar-refractivity contribution in [3.8, 4) is 0 Å². The molecule has 0 radical (unpaired) electrons. The Balaban J connectivity index is 2.07. The predicted octanol–water partition coefficient (Wildman–Crippen LogP) is 0.920. The van der Waals surface area contributed by atoms with Crippen LogP contribution in [0.25, 0.3) is 0 Å². The van der Waals surface area contributed by atoms with Gasteiger partial charge in [0.15, 0.2) is 0 Å². The molecule has 100 valence electrons. The van der Waals surface area contributed by atoms with Crippen LogP contribution in [-0.4, -0.2) is 73.7 Å². The first-order chi connectivity index (χ1) is 8.26. The van der Waals surface area contributed by atoms with E-state index >= 15 is 0 Å². The Morgan fingerprint density at radius 3 is 2.29 bits per heavy atom. The molecule has 0 aliphatic carbocycles. The van der Waals surface area contributed by atoms with Crippen molar-refractivity contribution in [3.05, 3.63) is 0 Å². The Hall–Kier alpha value is -0.260. The van der Waals surface area contributed by atoms with Crippen molar-refractivity contribution in [2.24, 2.45) is 0 Å².